The van der Waals surface area contributed by atoms with Crippen LogP contribution in [0.25, 0.3) is 0 Å². The molecule has 0 N–H and O–H groups in total. The maximum Gasteiger partial charge on any atom is 0.188 e. The highest BCUT2D eigenvalue weighted by molar-refractivity contribution is 5.98. The third-order valence-corrected chi connectivity index (χ3v) is 3.20. The van der Waals surface area contributed by atoms with Crippen LogP contribution in [0.15, 0.2) is 54.1 Å². The van der Waals surface area contributed by atoms with E-state index in [0.29, 0.717) is 17.7 Å². The van der Waals surface area contributed by atoms with Gasteiger partial charge >= 0.3 is 0 Å². The van der Waals surface area contributed by atoms with Gasteiger partial charge in [0.2, 0.25) is 0 Å². The van der Waals surface area contributed by atoms with Gasteiger partial charge < -0.3 is 4.74 Å². The van der Waals surface area contributed by atoms with Gasteiger partial charge in [-0.05, 0) is 32.1 Å². The average Bonchev–Trinajstić information content (AvgIpc) is 2.40. The zero-order valence-corrected chi connectivity index (χ0v) is 11.1. The van der Waals surface area contributed by atoms with Crippen molar-refractivity contribution in [3.8, 4) is 5.75 Å². The second kappa shape index (κ2) is 5.22. The minimum atomic E-state index is -1.000. The van der Waals surface area contributed by atoms with Crippen molar-refractivity contribution in [1.29, 1.82) is 0 Å². The Morgan fingerprint density at radius 1 is 1.16 bits per heavy atom. The van der Waals surface area contributed by atoms with Gasteiger partial charge in [0, 0.05) is 12.0 Å². The molecule has 1 atom stereocenters. The lowest BCUT2D eigenvalue weighted by atomic mass is 9.87. The van der Waals surface area contributed by atoms with Crippen LogP contribution < -0.4 is 4.74 Å². The largest absolute Gasteiger partial charge is 0.475 e. The number of hydrogen-bond donors (Lipinski definition) is 0. The van der Waals surface area contributed by atoms with Gasteiger partial charge in [-0.1, -0.05) is 30.4 Å². The molecule has 0 saturated heterocycles. The monoisotopic (exact) mass is 256 g/mol. The van der Waals surface area contributed by atoms with Crippen molar-refractivity contribution >= 4 is 11.6 Å². The van der Waals surface area contributed by atoms with Crippen LogP contribution >= 0.6 is 0 Å². The molecule has 0 heterocycles. The van der Waals surface area contributed by atoms with Gasteiger partial charge in [-0.3, -0.25) is 9.59 Å². The molecule has 0 fully saturated rings. The molecule has 0 amide bonds. The van der Waals surface area contributed by atoms with Gasteiger partial charge in [0.1, 0.15) is 5.75 Å². The minimum Gasteiger partial charge on any atom is -0.475 e. The quantitative estimate of drug-likeness (QED) is 0.832. The molecule has 1 unspecified atom stereocenters. The number of carbonyl (C=O) groups excluding carboxylic acids is 2. The Labute approximate surface area is 112 Å². The highest BCUT2D eigenvalue weighted by atomic mass is 16.5. The van der Waals surface area contributed by atoms with Crippen molar-refractivity contribution in [1.82, 2.24) is 0 Å². The lowest BCUT2D eigenvalue weighted by molar-refractivity contribution is -0.128. The Balaban J connectivity index is 2.26. The summed E-state index contributed by atoms with van der Waals surface area (Å²) in [6.45, 7) is 3.01. The van der Waals surface area contributed by atoms with Crippen molar-refractivity contribution in [2.24, 2.45) is 0 Å². The summed E-state index contributed by atoms with van der Waals surface area (Å²) in [6.07, 6.45) is 5.48. The predicted octanol–water partition coefficient (Wildman–Crippen LogP) is 2.87. The SMILES string of the molecule is CC(=O)C1=CCC(Oc2ccccc2)(C(C)=O)C=C1. The lowest BCUT2D eigenvalue weighted by Gasteiger charge is -2.30. The number of para-hydroxylation sites is 1. The number of allylic oxidation sites excluding steroid dienone is 2. The minimum absolute atomic E-state index is 0.00638. The summed E-state index contributed by atoms with van der Waals surface area (Å²) < 4.78 is 5.84. The zero-order chi connectivity index (χ0) is 13.9. The average molecular weight is 256 g/mol. The summed E-state index contributed by atoms with van der Waals surface area (Å²) >= 11 is 0. The van der Waals surface area contributed by atoms with E-state index >= 15 is 0 Å². The van der Waals surface area contributed by atoms with E-state index in [2.05, 4.69) is 0 Å². The Hall–Kier alpha value is -2.16. The topological polar surface area (TPSA) is 43.4 Å². The summed E-state index contributed by atoms with van der Waals surface area (Å²) in [4.78, 5) is 23.2. The van der Waals surface area contributed by atoms with E-state index in [0.717, 1.165) is 0 Å². The number of carbonyl (C=O) groups is 2. The second-order valence-corrected chi connectivity index (χ2v) is 4.61. The Kier molecular flexibility index (Phi) is 3.65. The first-order valence-electron chi connectivity index (χ1n) is 6.19. The molecule has 1 aromatic carbocycles. The van der Waals surface area contributed by atoms with Crippen LogP contribution in [0.5, 0.6) is 5.75 Å². The molecule has 1 aromatic rings. The van der Waals surface area contributed by atoms with E-state index in [1.165, 1.54) is 13.8 Å². The fourth-order valence-electron chi connectivity index (χ4n) is 1.99. The fourth-order valence-corrected chi connectivity index (χ4v) is 1.99. The molecule has 0 bridgehead atoms. The third kappa shape index (κ3) is 2.81. The van der Waals surface area contributed by atoms with E-state index in [9.17, 15) is 9.59 Å². The number of Topliss-reactive ketones (excluding diaryl/α,β-unsaturated/α-hetero) is 2. The first-order chi connectivity index (χ1) is 9.03. The van der Waals surface area contributed by atoms with E-state index in [4.69, 9.17) is 4.74 Å². The summed E-state index contributed by atoms with van der Waals surface area (Å²) in [7, 11) is 0. The summed E-state index contributed by atoms with van der Waals surface area (Å²) in [5.41, 5.74) is -0.381. The van der Waals surface area contributed by atoms with Crippen molar-refractivity contribution in [2.45, 2.75) is 25.9 Å². The van der Waals surface area contributed by atoms with Crippen LogP contribution in [0.2, 0.25) is 0 Å². The Morgan fingerprint density at radius 3 is 2.32 bits per heavy atom. The maximum atomic E-state index is 11.9. The standard InChI is InChI=1S/C16H16O3/c1-12(17)14-8-10-16(11-9-14,13(2)18)19-15-6-4-3-5-7-15/h3-10H,11H2,1-2H3. The zero-order valence-electron chi connectivity index (χ0n) is 11.1. The van der Waals surface area contributed by atoms with Gasteiger partial charge in [0.25, 0.3) is 0 Å². The smallest absolute Gasteiger partial charge is 0.188 e. The molecule has 0 aromatic heterocycles. The van der Waals surface area contributed by atoms with Gasteiger partial charge in [0.05, 0.1) is 0 Å². The van der Waals surface area contributed by atoms with Gasteiger partial charge in [-0.25, -0.2) is 0 Å². The molecule has 0 spiro atoms. The van der Waals surface area contributed by atoms with Crippen molar-refractivity contribution < 1.29 is 14.3 Å². The molecular formula is C16H16O3. The number of benzene rings is 1. The van der Waals surface area contributed by atoms with E-state index in [-0.39, 0.29) is 11.6 Å². The number of ether oxygens (including phenoxy) is 1. The summed E-state index contributed by atoms with van der Waals surface area (Å²) in [5.74, 6) is 0.557. The van der Waals surface area contributed by atoms with Gasteiger partial charge in [0.15, 0.2) is 17.2 Å². The third-order valence-electron chi connectivity index (χ3n) is 3.20. The highest BCUT2D eigenvalue weighted by Gasteiger charge is 2.36. The molecule has 98 valence electrons. The van der Waals surface area contributed by atoms with E-state index in [1.807, 2.05) is 30.3 Å². The predicted molar refractivity (Wildman–Crippen MR) is 73.0 cm³/mol. The molecule has 1 aliphatic carbocycles. The van der Waals surface area contributed by atoms with Crippen molar-refractivity contribution in [3.05, 3.63) is 54.1 Å². The van der Waals surface area contributed by atoms with Crippen LogP contribution in [0.3, 0.4) is 0 Å². The first kappa shape index (κ1) is 13.3. The van der Waals surface area contributed by atoms with E-state index in [1.54, 1.807) is 18.2 Å². The number of rotatable bonds is 4. The molecule has 3 heteroatoms. The van der Waals surface area contributed by atoms with Gasteiger partial charge in [-0.2, -0.15) is 0 Å². The van der Waals surface area contributed by atoms with Crippen molar-refractivity contribution in [2.75, 3.05) is 0 Å². The fraction of sp³-hybridized carbons (Fsp3) is 0.250. The van der Waals surface area contributed by atoms with Crippen LogP contribution in [0.1, 0.15) is 20.3 Å². The van der Waals surface area contributed by atoms with Crippen LogP contribution in [-0.4, -0.2) is 17.2 Å². The molecule has 1 aliphatic rings. The van der Waals surface area contributed by atoms with Gasteiger partial charge in [-0.15, -0.1) is 0 Å². The summed E-state index contributed by atoms with van der Waals surface area (Å²) in [6, 6.07) is 9.21. The number of ketones is 2. The number of hydrogen-bond acceptors (Lipinski definition) is 3. The Morgan fingerprint density at radius 2 is 1.84 bits per heavy atom. The second-order valence-electron chi connectivity index (χ2n) is 4.61. The molecule has 2 rings (SSSR count). The highest BCUT2D eigenvalue weighted by Crippen LogP contribution is 2.28. The summed E-state index contributed by atoms with van der Waals surface area (Å²) in [5, 5.41) is 0. The van der Waals surface area contributed by atoms with Crippen molar-refractivity contribution in [3.63, 3.8) is 0 Å². The molecule has 19 heavy (non-hydrogen) atoms. The molecule has 0 saturated carbocycles. The Bertz CT molecular complexity index is 555. The maximum absolute atomic E-state index is 11.9. The lowest BCUT2D eigenvalue weighted by Crippen LogP contribution is -2.42. The molecular weight excluding hydrogens is 240 g/mol. The first-order valence-corrected chi connectivity index (χ1v) is 6.19. The molecule has 3 nitrogen and oxygen atoms in total. The van der Waals surface area contributed by atoms with Crippen LogP contribution in [0.4, 0.5) is 0 Å². The molecule has 0 aliphatic heterocycles. The van der Waals surface area contributed by atoms with E-state index < -0.39 is 5.60 Å². The van der Waals surface area contributed by atoms with Crippen LogP contribution in [-0.2, 0) is 9.59 Å². The normalized spacial score (nSPS) is 21.7. The molecule has 0 radical (unpaired) electrons. The van der Waals surface area contributed by atoms with Crippen LogP contribution in [0, 0.1) is 0 Å².